The van der Waals surface area contributed by atoms with Crippen LogP contribution in [0, 0.1) is 4.91 Å². The van der Waals surface area contributed by atoms with Crippen molar-refractivity contribution in [3.05, 3.63) is 34.9 Å². The molecule has 0 bridgehead atoms. The molecule has 1 aliphatic rings. The second-order valence-electron chi connectivity index (χ2n) is 5.23. The largest absolute Gasteiger partial charge is 0.505 e. The molecular formula is C15H17N3O2. The van der Waals surface area contributed by atoms with Gasteiger partial charge in [-0.3, -0.25) is 9.88 Å². The number of fused-ring (bicyclic) bond motifs is 1. The number of rotatable bonds is 3. The van der Waals surface area contributed by atoms with Gasteiger partial charge in [0.1, 0.15) is 17.0 Å². The van der Waals surface area contributed by atoms with E-state index in [2.05, 4.69) is 15.1 Å². The van der Waals surface area contributed by atoms with E-state index in [0.29, 0.717) is 23.1 Å². The molecule has 20 heavy (non-hydrogen) atoms. The van der Waals surface area contributed by atoms with Gasteiger partial charge < -0.3 is 5.11 Å². The summed E-state index contributed by atoms with van der Waals surface area (Å²) in [4.78, 5) is 17.5. The van der Waals surface area contributed by atoms with E-state index >= 15 is 0 Å². The van der Waals surface area contributed by atoms with Crippen LogP contribution >= 0.6 is 0 Å². The van der Waals surface area contributed by atoms with Crippen molar-refractivity contribution in [2.45, 2.75) is 25.8 Å². The zero-order valence-electron chi connectivity index (χ0n) is 11.2. The van der Waals surface area contributed by atoms with Gasteiger partial charge in [-0.05, 0) is 49.3 Å². The Balaban J connectivity index is 2.01. The van der Waals surface area contributed by atoms with Gasteiger partial charge in [0, 0.05) is 23.7 Å². The minimum absolute atomic E-state index is 0.165. The maximum atomic E-state index is 11.0. The van der Waals surface area contributed by atoms with Crippen molar-refractivity contribution in [2.24, 2.45) is 5.18 Å². The molecule has 1 fully saturated rings. The zero-order chi connectivity index (χ0) is 13.9. The van der Waals surface area contributed by atoms with Crippen LogP contribution in [-0.4, -0.2) is 28.1 Å². The predicted molar refractivity (Wildman–Crippen MR) is 78.0 cm³/mol. The van der Waals surface area contributed by atoms with Gasteiger partial charge in [-0.15, -0.1) is 4.91 Å². The average Bonchev–Trinajstić information content (AvgIpc) is 2.51. The van der Waals surface area contributed by atoms with Gasteiger partial charge in [-0.2, -0.15) is 0 Å². The fourth-order valence-electron chi connectivity index (χ4n) is 2.82. The molecule has 0 spiro atoms. The molecule has 0 unspecified atom stereocenters. The third-order valence-electron chi connectivity index (χ3n) is 3.86. The molecule has 0 aliphatic carbocycles. The number of hydrogen-bond acceptors (Lipinski definition) is 5. The Morgan fingerprint density at radius 3 is 2.85 bits per heavy atom. The summed E-state index contributed by atoms with van der Waals surface area (Å²) in [5, 5.41) is 14.0. The molecule has 104 valence electrons. The highest BCUT2D eigenvalue weighted by Crippen LogP contribution is 2.35. The minimum Gasteiger partial charge on any atom is -0.505 e. The number of aromatic nitrogens is 1. The molecule has 0 radical (unpaired) electrons. The Kier molecular flexibility index (Phi) is 3.60. The average molecular weight is 271 g/mol. The molecule has 1 N–H and O–H groups in total. The van der Waals surface area contributed by atoms with Crippen LogP contribution in [0.15, 0.2) is 29.6 Å². The Morgan fingerprint density at radius 2 is 2.10 bits per heavy atom. The van der Waals surface area contributed by atoms with Crippen LogP contribution < -0.4 is 0 Å². The number of likely N-dealkylation sites (tertiary alicyclic amines) is 1. The first-order valence-electron chi connectivity index (χ1n) is 6.95. The van der Waals surface area contributed by atoms with Crippen LogP contribution in [0.5, 0.6) is 5.75 Å². The summed E-state index contributed by atoms with van der Waals surface area (Å²) in [6.07, 6.45) is 5.25. The fourth-order valence-corrected chi connectivity index (χ4v) is 2.82. The Hall–Kier alpha value is -2.01. The number of piperidine rings is 1. The van der Waals surface area contributed by atoms with Gasteiger partial charge in [-0.1, -0.05) is 6.42 Å². The van der Waals surface area contributed by atoms with Crippen LogP contribution in [0.4, 0.5) is 5.69 Å². The molecule has 0 saturated carbocycles. The second-order valence-corrected chi connectivity index (χ2v) is 5.23. The van der Waals surface area contributed by atoms with E-state index in [4.69, 9.17) is 0 Å². The molecule has 2 aromatic rings. The van der Waals surface area contributed by atoms with Crippen molar-refractivity contribution in [3.8, 4) is 5.75 Å². The molecule has 5 nitrogen and oxygen atoms in total. The smallest absolute Gasteiger partial charge is 0.146 e. The molecule has 1 saturated heterocycles. The predicted octanol–water partition coefficient (Wildman–Crippen LogP) is 3.32. The van der Waals surface area contributed by atoms with Gasteiger partial charge in [-0.25, -0.2) is 0 Å². The summed E-state index contributed by atoms with van der Waals surface area (Å²) in [6.45, 7) is 2.70. The van der Waals surface area contributed by atoms with Crippen LogP contribution in [0.25, 0.3) is 10.9 Å². The minimum atomic E-state index is 0.165. The Bertz CT molecular complexity index is 636. The Morgan fingerprint density at radius 1 is 1.30 bits per heavy atom. The third-order valence-corrected chi connectivity index (χ3v) is 3.86. The van der Waals surface area contributed by atoms with E-state index in [1.54, 1.807) is 24.4 Å². The van der Waals surface area contributed by atoms with Gasteiger partial charge in [0.2, 0.25) is 0 Å². The van der Waals surface area contributed by atoms with Crippen molar-refractivity contribution in [2.75, 3.05) is 13.1 Å². The molecule has 3 rings (SSSR count). The number of benzene rings is 1. The van der Waals surface area contributed by atoms with E-state index in [0.717, 1.165) is 18.7 Å². The summed E-state index contributed by atoms with van der Waals surface area (Å²) in [5.41, 5.74) is 1.53. The molecule has 1 aromatic carbocycles. The van der Waals surface area contributed by atoms with Crippen LogP contribution in [-0.2, 0) is 6.54 Å². The van der Waals surface area contributed by atoms with Crippen molar-refractivity contribution in [3.63, 3.8) is 0 Å². The second kappa shape index (κ2) is 5.54. The lowest BCUT2D eigenvalue weighted by Crippen LogP contribution is -2.29. The lowest BCUT2D eigenvalue weighted by atomic mass is 10.1. The van der Waals surface area contributed by atoms with E-state index in [1.807, 2.05) is 0 Å². The third kappa shape index (κ3) is 2.36. The zero-order valence-corrected chi connectivity index (χ0v) is 11.2. The maximum absolute atomic E-state index is 11.0. The van der Waals surface area contributed by atoms with E-state index < -0.39 is 0 Å². The summed E-state index contributed by atoms with van der Waals surface area (Å²) >= 11 is 0. The molecule has 1 aliphatic heterocycles. The maximum Gasteiger partial charge on any atom is 0.146 e. The SMILES string of the molecule is O=Nc1cc(CN2CCCCC2)c(O)c2ncccc12. The first-order chi connectivity index (χ1) is 9.79. The molecular weight excluding hydrogens is 254 g/mol. The molecule has 0 amide bonds. The normalized spacial score (nSPS) is 16.4. The van der Waals surface area contributed by atoms with E-state index in [9.17, 15) is 10.0 Å². The van der Waals surface area contributed by atoms with Gasteiger partial charge in [0.25, 0.3) is 0 Å². The number of pyridine rings is 1. The standard InChI is InChI=1S/C15H17N3O2/c19-15-11(10-18-7-2-1-3-8-18)9-13(17-20)12-5-4-6-16-14(12)15/h4-6,9,19H,1-3,7-8,10H2. The van der Waals surface area contributed by atoms with Crippen molar-refractivity contribution in [1.29, 1.82) is 0 Å². The lowest BCUT2D eigenvalue weighted by molar-refractivity contribution is 0.219. The van der Waals surface area contributed by atoms with Crippen LogP contribution in [0.1, 0.15) is 24.8 Å². The number of hydrogen-bond donors (Lipinski definition) is 1. The molecule has 0 atom stereocenters. The van der Waals surface area contributed by atoms with E-state index in [-0.39, 0.29) is 5.75 Å². The van der Waals surface area contributed by atoms with Crippen molar-refractivity contribution >= 4 is 16.6 Å². The number of phenolic OH excluding ortho intramolecular Hbond substituents is 1. The summed E-state index contributed by atoms with van der Waals surface area (Å²) in [5.74, 6) is 0.165. The first-order valence-corrected chi connectivity index (χ1v) is 6.95. The quantitative estimate of drug-likeness (QED) is 0.870. The first kappa shape index (κ1) is 13.0. The fraction of sp³-hybridized carbons (Fsp3) is 0.400. The van der Waals surface area contributed by atoms with Crippen LogP contribution in [0.2, 0.25) is 0 Å². The number of nitrogens with zero attached hydrogens (tertiary/aromatic N) is 3. The Labute approximate surface area is 117 Å². The number of nitroso groups, excluding NO2 is 1. The molecule has 1 aromatic heterocycles. The van der Waals surface area contributed by atoms with E-state index in [1.165, 1.54) is 19.3 Å². The summed E-state index contributed by atoms with van der Waals surface area (Å²) in [7, 11) is 0. The lowest BCUT2D eigenvalue weighted by Gasteiger charge is -2.26. The molecule has 2 heterocycles. The van der Waals surface area contributed by atoms with Crippen molar-refractivity contribution in [1.82, 2.24) is 9.88 Å². The summed E-state index contributed by atoms with van der Waals surface area (Å²) < 4.78 is 0. The highest BCUT2D eigenvalue weighted by Gasteiger charge is 2.17. The highest BCUT2D eigenvalue weighted by molar-refractivity contribution is 5.94. The van der Waals surface area contributed by atoms with Gasteiger partial charge in [0.05, 0.1) is 0 Å². The van der Waals surface area contributed by atoms with Gasteiger partial charge >= 0.3 is 0 Å². The van der Waals surface area contributed by atoms with Crippen LogP contribution in [0.3, 0.4) is 0 Å². The van der Waals surface area contributed by atoms with Crippen molar-refractivity contribution < 1.29 is 5.11 Å². The molecule has 5 heteroatoms. The van der Waals surface area contributed by atoms with Gasteiger partial charge in [0.15, 0.2) is 0 Å². The number of phenols is 1. The number of aromatic hydroxyl groups is 1. The highest BCUT2D eigenvalue weighted by atomic mass is 16.3. The topological polar surface area (TPSA) is 65.8 Å². The monoisotopic (exact) mass is 271 g/mol. The summed E-state index contributed by atoms with van der Waals surface area (Å²) in [6, 6.07) is 5.17.